The first-order chi connectivity index (χ1) is 8.56. The van der Waals surface area contributed by atoms with Crippen molar-refractivity contribution in [1.82, 2.24) is 0 Å². The second-order valence-electron chi connectivity index (χ2n) is 4.30. The van der Waals surface area contributed by atoms with E-state index in [2.05, 4.69) is 4.90 Å². The van der Waals surface area contributed by atoms with Gasteiger partial charge in [-0.3, -0.25) is 0 Å². The van der Waals surface area contributed by atoms with Crippen molar-refractivity contribution >= 4 is 28.7 Å². The van der Waals surface area contributed by atoms with E-state index in [0.717, 1.165) is 22.8 Å². The number of hydrogen-bond donors (Lipinski definition) is 2. The molecule has 94 valence electrons. The highest BCUT2D eigenvalue weighted by molar-refractivity contribution is 6.30. The summed E-state index contributed by atoms with van der Waals surface area (Å²) in [5.74, 6) is 0. The van der Waals surface area contributed by atoms with Gasteiger partial charge >= 0.3 is 0 Å². The molecule has 0 spiro atoms. The molecule has 2 aromatic rings. The van der Waals surface area contributed by atoms with Gasteiger partial charge in [-0.15, -0.1) is 0 Å². The normalized spacial score (nSPS) is 10.3. The third-order valence-corrected chi connectivity index (χ3v) is 3.06. The zero-order valence-corrected chi connectivity index (χ0v) is 11.0. The summed E-state index contributed by atoms with van der Waals surface area (Å²) in [6.07, 6.45) is 0. The van der Waals surface area contributed by atoms with E-state index in [1.165, 1.54) is 0 Å². The molecule has 0 saturated heterocycles. The minimum Gasteiger partial charge on any atom is -0.397 e. The summed E-state index contributed by atoms with van der Waals surface area (Å²) in [6.45, 7) is 0.768. The Bertz CT molecular complexity index is 554. The van der Waals surface area contributed by atoms with Crippen LogP contribution in [-0.4, -0.2) is 7.05 Å². The molecule has 0 heterocycles. The van der Waals surface area contributed by atoms with Gasteiger partial charge in [0.25, 0.3) is 0 Å². The lowest BCUT2D eigenvalue weighted by Crippen LogP contribution is -2.16. The Morgan fingerprint density at radius 1 is 1.06 bits per heavy atom. The molecule has 4 heteroatoms. The van der Waals surface area contributed by atoms with Crippen LogP contribution in [0.25, 0.3) is 0 Å². The van der Waals surface area contributed by atoms with Crippen molar-refractivity contribution in [2.24, 2.45) is 0 Å². The summed E-state index contributed by atoms with van der Waals surface area (Å²) in [7, 11) is 2.01. The molecule has 0 amide bonds. The lowest BCUT2D eigenvalue weighted by atomic mass is 10.2. The van der Waals surface area contributed by atoms with Gasteiger partial charge < -0.3 is 16.4 Å². The SMILES string of the molecule is CN(Cc1cccc(Cl)c1)c1ccc(N)c(N)c1. The van der Waals surface area contributed by atoms with Crippen LogP contribution < -0.4 is 16.4 Å². The van der Waals surface area contributed by atoms with Crippen LogP contribution in [0.15, 0.2) is 42.5 Å². The molecule has 0 aliphatic rings. The van der Waals surface area contributed by atoms with Crippen LogP contribution in [0.5, 0.6) is 0 Å². The molecule has 2 aromatic carbocycles. The van der Waals surface area contributed by atoms with Crippen LogP contribution in [-0.2, 0) is 6.54 Å². The Hall–Kier alpha value is -1.87. The van der Waals surface area contributed by atoms with E-state index in [0.29, 0.717) is 11.4 Å². The summed E-state index contributed by atoms with van der Waals surface area (Å²) in [6, 6.07) is 13.5. The Morgan fingerprint density at radius 3 is 2.50 bits per heavy atom. The number of halogens is 1. The molecule has 0 aliphatic carbocycles. The number of hydrogen-bond acceptors (Lipinski definition) is 3. The fraction of sp³-hybridized carbons (Fsp3) is 0.143. The Labute approximate surface area is 112 Å². The van der Waals surface area contributed by atoms with Crippen molar-refractivity contribution in [3.8, 4) is 0 Å². The first-order valence-corrected chi connectivity index (χ1v) is 6.04. The number of nitrogen functional groups attached to an aromatic ring is 2. The van der Waals surface area contributed by atoms with Gasteiger partial charge in [-0.2, -0.15) is 0 Å². The fourth-order valence-corrected chi connectivity index (χ4v) is 2.01. The quantitative estimate of drug-likeness (QED) is 0.835. The number of rotatable bonds is 3. The van der Waals surface area contributed by atoms with Crippen molar-refractivity contribution in [1.29, 1.82) is 0 Å². The fourth-order valence-electron chi connectivity index (χ4n) is 1.80. The first-order valence-electron chi connectivity index (χ1n) is 5.67. The number of benzene rings is 2. The molecule has 0 fully saturated rings. The monoisotopic (exact) mass is 261 g/mol. The molecule has 3 nitrogen and oxygen atoms in total. The van der Waals surface area contributed by atoms with Crippen LogP contribution in [0.4, 0.5) is 17.1 Å². The molecule has 0 aromatic heterocycles. The van der Waals surface area contributed by atoms with E-state index >= 15 is 0 Å². The molecule has 0 unspecified atom stereocenters. The summed E-state index contributed by atoms with van der Waals surface area (Å²) in [5.41, 5.74) is 14.9. The third kappa shape index (κ3) is 2.87. The van der Waals surface area contributed by atoms with Gasteiger partial charge in [-0.05, 0) is 35.9 Å². The molecule has 0 saturated carbocycles. The van der Waals surface area contributed by atoms with Gasteiger partial charge in [0.1, 0.15) is 0 Å². The van der Waals surface area contributed by atoms with E-state index in [9.17, 15) is 0 Å². The molecule has 18 heavy (non-hydrogen) atoms. The molecular formula is C14H16ClN3. The molecule has 0 radical (unpaired) electrons. The molecule has 0 aliphatic heterocycles. The largest absolute Gasteiger partial charge is 0.397 e. The van der Waals surface area contributed by atoms with Crippen LogP contribution in [0.1, 0.15) is 5.56 Å². The number of anilines is 3. The van der Waals surface area contributed by atoms with Gasteiger partial charge in [-0.25, -0.2) is 0 Å². The number of nitrogens with two attached hydrogens (primary N) is 2. The highest BCUT2D eigenvalue weighted by atomic mass is 35.5. The predicted molar refractivity (Wildman–Crippen MR) is 78.8 cm³/mol. The summed E-state index contributed by atoms with van der Waals surface area (Å²) >= 11 is 5.97. The molecule has 4 N–H and O–H groups in total. The van der Waals surface area contributed by atoms with Crippen molar-refractivity contribution in [2.45, 2.75) is 6.54 Å². The van der Waals surface area contributed by atoms with Crippen LogP contribution in [0.3, 0.4) is 0 Å². The predicted octanol–water partition coefficient (Wildman–Crippen LogP) is 3.14. The minimum atomic E-state index is 0.602. The van der Waals surface area contributed by atoms with E-state index in [4.69, 9.17) is 23.1 Å². The molecule has 0 atom stereocenters. The maximum atomic E-state index is 5.97. The Morgan fingerprint density at radius 2 is 1.83 bits per heavy atom. The zero-order valence-electron chi connectivity index (χ0n) is 10.2. The van der Waals surface area contributed by atoms with Gasteiger partial charge in [-0.1, -0.05) is 23.7 Å². The number of nitrogens with zero attached hydrogens (tertiary/aromatic N) is 1. The highest BCUT2D eigenvalue weighted by Crippen LogP contribution is 2.23. The molecule has 2 rings (SSSR count). The van der Waals surface area contributed by atoms with Crippen LogP contribution in [0.2, 0.25) is 5.02 Å². The zero-order chi connectivity index (χ0) is 13.1. The summed E-state index contributed by atoms with van der Waals surface area (Å²) in [5, 5.41) is 0.748. The van der Waals surface area contributed by atoms with Gasteiger partial charge in [0.2, 0.25) is 0 Å². The van der Waals surface area contributed by atoms with Crippen molar-refractivity contribution in [3.05, 3.63) is 53.1 Å². The van der Waals surface area contributed by atoms with E-state index < -0.39 is 0 Å². The van der Waals surface area contributed by atoms with E-state index in [1.54, 1.807) is 0 Å². The van der Waals surface area contributed by atoms with E-state index in [-0.39, 0.29) is 0 Å². The lowest BCUT2D eigenvalue weighted by molar-refractivity contribution is 0.924. The second-order valence-corrected chi connectivity index (χ2v) is 4.74. The molecule has 0 bridgehead atoms. The highest BCUT2D eigenvalue weighted by Gasteiger charge is 2.04. The second kappa shape index (κ2) is 5.19. The Balaban J connectivity index is 2.16. The van der Waals surface area contributed by atoms with Crippen LogP contribution >= 0.6 is 11.6 Å². The van der Waals surface area contributed by atoms with Crippen molar-refractivity contribution in [3.63, 3.8) is 0 Å². The van der Waals surface area contributed by atoms with Gasteiger partial charge in [0.15, 0.2) is 0 Å². The Kier molecular flexibility index (Phi) is 3.63. The average Bonchev–Trinajstić information content (AvgIpc) is 2.32. The van der Waals surface area contributed by atoms with Gasteiger partial charge in [0.05, 0.1) is 11.4 Å². The van der Waals surface area contributed by atoms with Crippen molar-refractivity contribution in [2.75, 3.05) is 23.4 Å². The topological polar surface area (TPSA) is 55.3 Å². The standard InChI is InChI=1S/C14H16ClN3/c1-18(9-10-3-2-4-11(15)7-10)12-5-6-13(16)14(17)8-12/h2-8H,9,16-17H2,1H3. The maximum absolute atomic E-state index is 5.97. The van der Waals surface area contributed by atoms with Crippen molar-refractivity contribution < 1.29 is 0 Å². The lowest BCUT2D eigenvalue weighted by Gasteiger charge is -2.20. The van der Waals surface area contributed by atoms with E-state index in [1.807, 2.05) is 49.5 Å². The smallest absolute Gasteiger partial charge is 0.0568 e. The third-order valence-electron chi connectivity index (χ3n) is 2.82. The maximum Gasteiger partial charge on any atom is 0.0568 e. The first kappa shape index (κ1) is 12.6. The molecular weight excluding hydrogens is 246 g/mol. The minimum absolute atomic E-state index is 0.602. The van der Waals surface area contributed by atoms with Crippen LogP contribution in [0, 0.1) is 0 Å². The average molecular weight is 262 g/mol. The van der Waals surface area contributed by atoms with Gasteiger partial charge in [0, 0.05) is 24.3 Å². The summed E-state index contributed by atoms with van der Waals surface area (Å²) in [4.78, 5) is 2.10. The summed E-state index contributed by atoms with van der Waals surface area (Å²) < 4.78 is 0.